The van der Waals surface area contributed by atoms with Gasteiger partial charge in [-0.25, -0.2) is 4.98 Å². The molecule has 6 heteroatoms. The van der Waals surface area contributed by atoms with Gasteiger partial charge in [0.1, 0.15) is 5.82 Å². The van der Waals surface area contributed by atoms with Crippen LogP contribution in [0.2, 0.25) is 0 Å². The van der Waals surface area contributed by atoms with E-state index in [1.807, 2.05) is 23.1 Å². The summed E-state index contributed by atoms with van der Waals surface area (Å²) >= 11 is 0. The third kappa shape index (κ3) is 4.42. The molecule has 2 heterocycles. The lowest BCUT2D eigenvalue weighted by molar-refractivity contribution is -0.135. The van der Waals surface area contributed by atoms with Crippen molar-refractivity contribution in [3.05, 3.63) is 24.4 Å². The van der Waals surface area contributed by atoms with Crippen LogP contribution >= 0.6 is 0 Å². The fourth-order valence-electron chi connectivity index (χ4n) is 4.42. The largest absolute Gasteiger partial charge is 0.353 e. The molecule has 27 heavy (non-hydrogen) atoms. The molecule has 1 N–H and O–H groups in total. The lowest BCUT2D eigenvalue weighted by Crippen LogP contribution is -2.49. The number of hydrogen-bond acceptors (Lipinski definition) is 4. The van der Waals surface area contributed by atoms with Gasteiger partial charge in [-0.15, -0.1) is 0 Å². The summed E-state index contributed by atoms with van der Waals surface area (Å²) in [5.41, 5.74) is 0. The Morgan fingerprint density at radius 2 is 1.70 bits per heavy atom. The molecule has 0 aromatic carbocycles. The molecule has 1 aliphatic heterocycles. The molecule has 1 aromatic heterocycles. The molecule has 0 radical (unpaired) electrons. The molecular weight excluding hydrogens is 340 g/mol. The number of carbonyl (C=O) groups is 2. The summed E-state index contributed by atoms with van der Waals surface area (Å²) < 4.78 is 0. The Morgan fingerprint density at radius 1 is 0.963 bits per heavy atom. The van der Waals surface area contributed by atoms with E-state index < -0.39 is 0 Å². The van der Waals surface area contributed by atoms with E-state index in [2.05, 4.69) is 15.2 Å². The van der Waals surface area contributed by atoms with Gasteiger partial charge < -0.3 is 15.1 Å². The number of piperazine rings is 1. The van der Waals surface area contributed by atoms with E-state index in [0.717, 1.165) is 38.2 Å². The first-order valence-electron chi connectivity index (χ1n) is 10.5. The Hall–Kier alpha value is -2.11. The second kappa shape index (κ2) is 8.28. The van der Waals surface area contributed by atoms with E-state index in [9.17, 15) is 9.59 Å². The molecule has 1 aromatic rings. The summed E-state index contributed by atoms with van der Waals surface area (Å²) in [4.78, 5) is 33.8. The molecule has 2 saturated carbocycles. The van der Waals surface area contributed by atoms with Crippen molar-refractivity contribution in [1.82, 2.24) is 15.2 Å². The lowest BCUT2D eigenvalue weighted by atomic mass is 10.1. The number of rotatable bonds is 4. The predicted octanol–water partition coefficient (Wildman–Crippen LogP) is 2.21. The zero-order valence-electron chi connectivity index (χ0n) is 16.0. The average Bonchev–Trinajstić information content (AvgIpc) is 3.53. The minimum absolute atomic E-state index is 0.0998. The third-order valence-electron chi connectivity index (χ3n) is 6.21. The van der Waals surface area contributed by atoms with Gasteiger partial charge in [-0.1, -0.05) is 31.7 Å². The smallest absolute Gasteiger partial charge is 0.226 e. The van der Waals surface area contributed by atoms with Crippen LogP contribution in [-0.4, -0.2) is 53.9 Å². The van der Waals surface area contributed by atoms with Crippen LogP contribution in [0.5, 0.6) is 0 Å². The van der Waals surface area contributed by atoms with Gasteiger partial charge in [-0.2, -0.15) is 0 Å². The number of pyridine rings is 1. The number of amides is 2. The molecule has 2 aliphatic carbocycles. The summed E-state index contributed by atoms with van der Waals surface area (Å²) in [6, 6.07) is 6.22. The molecule has 3 aliphatic rings. The summed E-state index contributed by atoms with van der Waals surface area (Å²) in [5.74, 6) is 1.03. The Morgan fingerprint density at radius 3 is 2.37 bits per heavy atom. The zero-order chi connectivity index (χ0) is 18.6. The molecular formula is C21H30N4O2. The number of nitrogens with one attached hydrogen (secondary N) is 1. The van der Waals surface area contributed by atoms with Gasteiger partial charge in [0.25, 0.3) is 0 Å². The third-order valence-corrected chi connectivity index (χ3v) is 6.21. The van der Waals surface area contributed by atoms with E-state index in [1.165, 1.54) is 25.7 Å². The first-order chi connectivity index (χ1) is 13.2. The highest BCUT2D eigenvalue weighted by atomic mass is 16.2. The van der Waals surface area contributed by atoms with Crippen LogP contribution in [0.25, 0.3) is 0 Å². The molecule has 2 amide bonds. The first kappa shape index (κ1) is 18.3. The van der Waals surface area contributed by atoms with Gasteiger partial charge in [0.15, 0.2) is 0 Å². The van der Waals surface area contributed by atoms with E-state index in [1.54, 1.807) is 6.20 Å². The van der Waals surface area contributed by atoms with Gasteiger partial charge in [0, 0.05) is 38.4 Å². The highest BCUT2D eigenvalue weighted by Gasteiger charge is 2.50. The summed E-state index contributed by atoms with van der Waals surface area (Å²) in [7, 11) is 0. The number of nitrogens with zero attached hydrogens (tertiary/aromatic N) is 3. The summed E-state index contributed by atoms with van der Waals surface area (Å²) in [6.45, 7) is 3.02. The van der Waals surface area contributed by atoms with E-state index in [0.29, 0.717) is 19.1 Å². The van der Waals surface area contributed by atoms with E-state index in [4.69, 9.17) is 0 Å². The molecule has 0 bridgehead atoms. The maximum absolute atomic E-state index is 12.8. The van der Waals surface area contributed by atoms with Crippen molar-refractivity contribution in [2.45, 2.75) is 51.0 Å². The maximum Gasteiger partial charge on any atom is 0.226 e. The van der Waals surface area contributed by atoms with E-state index >= 15 is 0 Å². The quantitative estimate of drug-likeness (QED) is 0.826. The Bertz CT molecular complexity index is 649. The summed E-state index contributed by atoms with van der Waals surface area (Å²) in [5, 5.41) is 3.21. The molecule has 146 valence electrons. The number of hydrogen-bond donors (Lipinski definition) is 1. The minimum Gasteiger partial charge on any atom is -0.353 e. The molecule has 4 rings (SSSR count). The minimum atomic E-state index is -0.102. The number of anilines is 1. The van der Waals surface area contributed by atoms with Gasteiger partial charge in [-0.3, -0.25) is 9.59 Å². The number of aromatic nitrogens is 1. The standard InChI is InChI=1S/C21H30N4O2/c26-20(23-16-7-3-1-2-4-8-16)17-15-18(17)21(27)25-13-11-24(12-14-25)19-9-5-6-10-22-19/h5-6,9-10,16-18H,1-4,7-8,11-15H2,(H,23,26). The summed E-state index contributed by atoms with van der Waals surface area (Å²) in [6.07, 6.45) is 9.67. The fraction of sp³-hybridized carbons (Fsp3) is 0.667. The van der Waals surface area contributed by atoms with Crippen molar-refractivity contribution in [2.75, 3.05) is 31.1 Å². The van der Waals surface area contributed by atoms with Crippen molar-refractivity contribution in [1.29, 1.82) is 0 Å². The average molecular weight is 370 g/mol. The Labute approximate surface area is 161 Å². The van der Waals surface area contributed by atoms with Crippen LogP contribution in [0.1, 0.15) is 44.9 Å². The highest BCUT2D eigenvalue weighted by Crippen LogP contribution is 2.40. The first-order valence-corrected chi connectivity index (χ1v) is 10.5. The molecule has 6 nitrogen and oxygen atoms in total. The molecule has 2 atom stereocenters. The van der Waals surface area contributed by atoms with Crippen molar-refractivity contribution >= 4 is 17.6 Å². The molecule has 1 saturated heterocycles. The van der Waals surface area contributed by atoms with Gasteiger partial charge >= 0.3 is 0 Å². The predicted molar refractivity (Wildman–Crippen MR) is 104 cm³/mol. The van der Waals surface area contributed by atoms with Crippen molar-refractivity contribution in [2.24, 2.45) is 11.8 Å². The lowest BCUT2D eigenvalue weighted by Gasteiger charge is -2.35. The zero-order valence-corrected chi connectivity index (χ0v) is 16.0. The topological polar surface area (TPSA) is 65.5 Å². The van der Waals surface area contributed by atoms with Gasteiger partial charge in [-0.05, 0) is 31.4 Å². The van der Waals surface area contributed by atoms with Crippen LogP contribution < -0.4 is 10.2 Å². The Kier molecular flexibility index (Phi) is 5.60. The van der Waals surface area contributed by atoms with Crippen molar-refractivity contribution < 1.29 is 9.59 Å². The second-order valence-corrected chi connectivity index (χ2v) is 8.15. The maximum atomic E-state index is 12.8. The SMILES string of the molecule is O=C(NC1CCCCCC1)C1CC1C(=O)N1CCN(c2ccccn2)CC1. The fourth-order valence-corrected chi connectivity index (χ4v) is 4.42. The number of carbonyl (C=O) groups excluding carboxylic acids is 2. The van der Waals surface area contributed by atoms with Crippen LogP contribution in [0, 0.1) is 11.8 Å². The molecule has 2 unspecified atom stereocenters. The van der Waals surface area contributed by atoms with Crippen molar-refractivity contribution in [3.63, 3.8) is 0 Å². The second-order valence-electron chi connectivity index (χ2n) is 8.15. The molecule has 3 fully saturated rings. The Balaban J connectivity index is 1.23. The highest BCUT2D eigenvalue weighted by molar-refractivity contribution is 5.92. The van der Waals surface area contributed by atoms with Gasteiger partial charge in [0.05, 0.1) is 11.8 Å². The monoisotopic (exact) mass is 370 g/mol. The van der Waals surface area contributed by atoms with Crippen LogP contribution in [0.4, 0.5) is 5.82 Å². The van der Waals surface area contributed by atoms with Crippen LogP contribution in [0.3, 0.4) is 0 Å². The van der Waals surface area contributed by atoms with E-state index in [-0.39, 0.29) is 23.7 Å². The van der Waals surface area contributed by atoms with Crippen molar-refractivity contribution in [3.8, 4) is 0 Å². The van der Waals surface area contributed by atoms with Gasteiger partial charge in [0.2, 0.25) is 11.8 Å². The van der Waals surface area contributed by atoms with Crippen LogP contribution in [0.15, 0.2) is 24.4 Å². The normalized spacial score (nSPS) is 26.4. The molecule has 0 spiro atoms. The van der Waals surface area contributed by atoms with Crippen LogP contribution in [-0.2, 0) is 9.59 Å².